The van der Waals surface area contributed by atoms with Crippen LogP contribution in [0.3, 0.4) is 0 Å². The molecule has 2 N–H and O–H groups in total. The molecule has 0 aromatic carbocycles. The van der Waals surface area contributed by atoms with Crippen LogP contribution in [0.5, 0.6) is 0 Å². The van der Waals surface area contributed by atoms with Crippen molar-refractivity contribution in [1.82, 2.24) is 4.90 Å². The summed E-state index contributed by atoms with van der Waals surface area (Å²) in [5.41, 5.74) is 5.46. The van der Waals surface area contributed by atoms with Gasteiger partial charge in [0.15, 0.2) is 0 Å². The van der Waals surface area contributed by atoms with Crippen molar-refractivity contribution in [3.05, 3.63) is 0 Å². The van der Waals surface area contributed by atoms with Gasteiger partial charge in [-0.25, -0.2) is 4.79 Å². The first-order valence-electron chi connectivity index (χ1n) is 10.2. The van der Waals surface area contributed by atoms with Crippen LogP contribution < -0.4 is 5.73 Å². The first-order chi connectivity index (χ1) is 12.2. The van der Waals surface area contributed by atoms with Gasteiger partial charge < -0.3 is 24.8 Å². The predicted molar refractivity (Wildman–Crippen MR) is 102 cm³/mol. The largest absolute Gasteiger partial charge is 0.444 e. The van der Waals surface area contributed by atoms with E-state index in [1.165, 1.54) is 0 Å². The van der Waals surface area contributed by atoms with Gasteiger partial charge in [0.25, 0.3) is 0 Å². The second kappa shape index (κ2) is 9.38. The molecule has 1 aliphatic heterocycles. The monoisotopic (exact) mass is 370 g/mol. The lowest BCUT2D eigenvalue weighted by Gasteiger charge is -2.42. The maximum atomic E-state index is 12.4. The number of likely N-dealkylation sites (tertiary alicyclic amines) is 1. The lowest BCUT2D eigenvalue weighted by atomic mass is 9.94. The smallest absolute Gasteiger partial charge is 0.410 e. The molecule has 1 saturated heterocycles. The number of hydrogen-bond acceptors (Lipinski definition) is 5. The van der Waals surface area contributed by atoms with Crippen LogP contribution in [-0.2, 0) is 14.2 Å². The molecule has 6 heteroatoms. The quantitative estimate of drug-likeness (QED) is 0.750. The van der Waals surface area contributed by atoms with Gasteiger partial charge in [0.1, 0.15) is 5.60 Å². The number of nitrogens with zero attached hydrogens (tertiary/aromatic N) is 1. The number of piperidine rings is 1. The molecule has 0 aromatic rings. The van der Waals surface area contributed by atoms with E-state index in [0.717, 1.165) is 38.5 Å². The number of carbonyl (C=O) groups is 1. The molecule has 2 aliphatic rings. The van der Waals surface area contributed by atoms with Crippen LogP contribution in [0, 0.1) is 0 Å². The number of ether oxygens (including phenoxy) is 3. The van der Waals surface area contributed by atoms with Crippen LogP contribution in [0.4, 0.5) is 4.79 Å². The molecule has 0 radical (unpaired) electrons. The molecule has 6 nitrogen and oxygen atoms in total. The lowest BCUT2D eigenvalue weighted by molar-refractivity contribution is -0.0690. The number of hydrogen-bond donors (Lipinski definition) is 1. The van der Waals surface area contributed by atoms with Gasteiger partial charge in [-0.2, -0.15) is 0 Å². The van der Waals surface area contributed by atoms with E-state index in [-0.39, 0.29) is 24.3 Å². The van der Waals surface area contributed by atoms with Crippen molar-refractivity contribution in [1.29, 1.82) is 0 Å². The summed E-state index contributed by atoms with van der Waals surface area (Å²) in [5, 5.41) is 0. The molecule has 0 spiro atoms. The Morgan fingerprint density at radius 2 is 1.46 bits per heavy atom. The Morgan fingerprint density at radius 3 is 1.96 bits per heavy atom. The molecule has 3 atom stereocenters. The van der Waals surface area contributed by atoms with Crippen molar-refractivity contribution in [3.8, 4) is 0 Å². The molecule has 2 rings (SSSR count). The van der Waals surface area contributed by atoms with Crippen molar-refractivity contribution in [2.45, 2.75) is 109 Å². The average Bonchev–Trinajstić information content (AvgIpc) is 2.51. The second-order valence-corrected chi connectivity index (χ2v) is 8.96. The molecular formula is C20H38N2O4. The molecule has 2 fully saturated rings. The third-order valence-electron chi connectivity index (χ3n) is 5.27. The van der Waals surface area contributed by atoms with Crippen LogP contribution in [0.1, 0.15) is 73.1 Å². The van der Waals surface area contributed by atoms with E-state index in [1.807, 2.05) is 25.7 Å². The van der Waals surface area contributed by atoms with Crippen LogP contribution >= 0.6 is 0 Å². The van der Waals surface area contributed by atoms with Crippen LogP contribution in [0.25, 0.3) is 0 Å². The fourth-order valence-corrected chi connectivity index (χ4v) is 4.01. The highest BCUT2D eigenvalue weighted by Gasteiger charge is 2.36. The summed E-state index contributed by atoms with van der Waals surface area (Å²) in [4.78, 5) is 14.3. The third kappa shape index (κ3) is 6.71. The minimum absolute atomic E-state index is 0.111. The van der Waals surface area contributed by atoms with E-state index < -0.39 is 5.60 Å². The van der Waals surface area contributed by atoms with Crippen molar-refractivity contribution in [2.24, 2.45) is 5.73 Å². The minimum atomic E-state index is -0.468. The highest BCUT2D eigenvalue weighted by atomic mass is 16.6. The van der Waals surface area contributed by atoms with E-state index >= 15 is 0 Å². The molecule has 1 aliphatic carbocycles. The third-order valence-corrected chi connectivity index (χ3v) is 5.27. The van der Waals surface area contributed by atoms with Gasteiger partial charge in [-0.3, -0.25) is 0 Å². The molecular weight excluding hydrogens is 332 g/mol. The summed E-state index contributed by atoms with van der Waals surface area (Å²) < 4.78 is 17.5. The number of carbonyl (C=O) groups excluding carboxylic acids is 1. The topological polar surface area (TPSA) is 74.0 Å². The Balaban J connectivity index is 1.69. The van der Waals surface area contributed by atoms with Gasteiger partial charge in [0.2, 0.25) is 0 Å². The summed E-state index contributed by atoms with van der Waals surface area (Å²) in [5.74, 6) is 0. The molecule has 152 valence electrons. The molecule has 1 heterocycles. The SMILES string of the molecule is C[C@@H]1CC(OCCOC2CCC(N)CC2)C[C@H](C)N1C(=O)OC(C)(C)C. The fraction of sp³-hybridized carbons (Fsp3) is 0.950. The Bertz CT molecular complexity index is 432. The Labute approximate surface area is 158 Å². The van der Waals surface area contributed by atoms with E-state index in [1.54, 1.807) is 0 Å². The Hall–Kier alpha value is -0.850. The standard InChI is InChI=1S/C20H38N2O4/c1-14-12-18(13-15(2)22(14)19(23)26-20(3,4)5)25-11-10-24-17-8-6-16(21)7-9-17/h14-18H,6-13,21H2,1-5H3/t14-,15+,16?,17?,18?. The molecule has 0 aromatic heterocycles. The first-order valence-corrected chi connectivity index (χ1v) is 10.2. The number of amides is 1. The summed E-state index contributed by atoms with van der Waals surface area (Å²) in [6, 6.07) is 0.572. The lowest BCUT2D eigenvalue weighted by Crippen LogP contribution is -2.53. The zero-order chi connectivity index (χ0) is 19.3. The zero-order valence-corrected chi connectivity index (χ0v) is 17.2. The van der Waals surface area contributed by atoms with E-state index in [0.29, 0.717) is 25.4 Å². The van der Waals surface area contributed by atoms with Gasteiger partial charge in [-0.1, -0.05) is 0 Å². The maximum absolute atomic E-state index is 12.4. The Kier molecular flexibility index (Phi) is 7.74. The minimum Gasteiger partial charge on any atom is -0.444 e. The van der Waals surface area contributed by atoms with Crippen molar-refractivity contribution in [3.63, 3.8) is 0 Å². The van der Waals surface area contributed by atoms with E-state index in [9.17, 15) is 4.79 Å². The van der Waals surface area contributed by atoms with Crippen molar-refractivity contribution >= 4 is 6.09 Å². The van der Waals surface area contributed by atoms with E-state index in [2.05, 4.69) is 13.8 Å². The molecule has 1 saturated carbocycles. The molecule has 1 amide bonds. The highest BCUT2D eigenvalue weighted by molar-refractivity contribution is 5.69. The first kappa shape index (κ1) is 21.5. The highest BCUT2D eigenvalue weighted by Crippen LogP contribution is 2.27. The van der Waals surface area contributed by atoms with Crippen molar-refractivity contribution < 1.29 is 19.0 Å². The summed E-state index contributed by atoms with van der Waals surface area (Å²) >= 11 is 0. The van der Waals surface area contributed by atoms with Gasteiger partial charge >= 0.3 is 6.09 Å². The summed E-state index contributed by atoms with van der Waals surface area (Å²) in [7, 11) is 0. The van der Waals surface area contributed by atoms with Crippen LogP contribution in [-0.4, -0.2) is 60.1 Å². The van der Waals surface area contributed by atoms with Crippen LogP contribution in [0.2, 0.25) is 0 Å². The normalized spacial score (nSPS) is 33.2. The molecule has 26 heavy (non-hydrogen) atoms. The van der Waals surface area contributed by atoms with Gasteiger partial charge in [-0.05, 0) is 73.1 Å². The van der Waals surface area contributed by atoms with Crippen LogP contribution in [0.15, 0.2) is 0 Å². The van der Waals surface area contributed by atoms with Crippen molar-refractivity contribution in [2.75, 3.05) is 13.2 Å². The van der Waals surface area contributed by atoms with E-state index in [4.69, 9.17) is 19.9 Å². The average molecular weight is 371 g/mol. The molecule has 1 unspecified atom stereocenters. The number of nitrogens with two attached hydrogens (primary N) is 1. The maximum Gasteiger partial charge on any atom is 0.410 e. The predicted octanol–water partition coefficient (Wildman–Crippen LogP) is 3.47. The fourth-order valence-electron chi connectivity index (χ4n) is 4.01. The van der Waals surface area contributed by atoms with Gasteiger partial charge in [0, 0.05) is 18.1 Å². The molecule has 0 bridgehead atoms. The zero-order valence-electron chi connectivity index (χ0n) is 17.2. The van der Waals surface area contributed by atoms with Gasteiger partial charge in [0.05, 0.1) is 25.4 Å². The van der Waals surface area contributed by atoms with Gasteiger partial charge in [-0.15, -0.1) is 0 Å². The number of rotatable bonds is 5. The second-order valence-electron chi connectivity index (χ2n) is 8.96. The summed E-state index contributed by atoms with van der Waals surface area (Å²) in [6.07, 6.45) is 6.19. The summed E-state index contributed by atoms with van der Waals surface area (Å²) in [6.45, 7) is 11.1. The Morgan fingerprint density at radius 1 is 0.962 bits per heavy atom.